The molecule has 0 atom stereocenters. The first kappa shape index (κ1) is 21.3. The highest BCUT2D eigenvalue weighted by atomic mass is 16.5. The van der Waals surface area contributed by atoms with Crippen LogP contribution < -0.4 is 0 Å². The maximum Gasteiger partial charge on any atom is 0.334 e. The summed E-state index contributed by atoms with van der Waals surface area (Å²) >= 11 is 0. The average molecular weight is 337 g/mol. The van der Waals surface area contributed by atoms with Gasteiger partial charge in [-0.3, -0.25) is 0 Å². The number of hydrogen-bond acceptors (Lipinski definition) is 2. The molecule has 0 radical (unpaired) electrons. The summed E-state index contributed by atoms with van der Waals surface area (Å²) in [5.41, 5.74) is 0.903. The normalized spacial score (nSPS) is 14.0. The zero-order valence-corrected chi connectivity index (χ0v) is 16.1. The van der Waals surface area contributed by atoms with E-state index in [1.165, 1.54) is 96.3 Å². The van der Waals surface area contributed by atoms with Crippen LogP contribution in [0.3, 0.4) is 0 Å². The Morgan fingerprint density at radius 1 is 0.708 bits per heavy atom. The van der Waals surface area contributed by atoms with Crippen LogP contribution in [0.2, 0.25) is 0 Å². The summed E-state index contributed by atoms with van der Waals surface area (Å²) in [5.74, 6) is -0.0871. The fraction of sp³-hybridized carbons (Fsp3) is 0.864. The fourth-order valence-electron chi connectivity index (χ4n) is 3.46. The Labute approximate surface area is 150 Å². The Hall–Kier alpha value is -0.790. The lowest BCUT2D eigenvalue weighted by molar-refractivity contribution is -0.136. The number of unbranched alkanes of at least 4 members (excludes halogenated alkanes) is 15. The smallest absolute Gasteiger partial charge is 0.334 e. The number of ether oxygens (including phenoxy) is 1. The van der Waals surface area contributed by atoms with Crippen molar-refractivity contribution < 1.29 is 9.53 Å². The SMILES string of the molecule is CCCCCCCCCCCCCCCCCCC1=CCOC1=O. The molecule has 0 aromatic rings. The standard InChI is InChI=1S/C22H40O2/c1-2-3-4-5-6-7-8-9-10-11-12-13-14-15-16-17-18-21-19-20-24-22(21)23/h19H,2-18,20H2,1H3. The van der Waals surface area contributed by atoms with E-state index in [4.69, 9.17) is 4.74 Å². The number of hydrogen-bond donors (Lipinski definition) is 0. The summed E-state index contributed by atoms with van der Waals surface area (Å²) < 4.78 is 4.91. The van der Waals surface area contributed by atoms with Gasteiger partial charge in [0.05, 0.1) is 0 Å². The molecular formula is C22H40O2. The number of carbonyl (C=O) groups excluding carboxylic acids is 1. The fourth-order valence-corrected chi connectivity index (χ4v) is 3.46. The minimum absolute atomic E-state index is 0.0871. The summed E-state index contributed by atoms with van der Waals surface area (Å²) in [6, 6.07) is 0. The van der Waals surface area contributed by atoms with E-state index in [9.17, 15) is 4.79 Å². The molecule has 0 amide bonds. The minimum atomic E-state index is -0.0871. The summed E-state index contributed by atoms with van der Waals surface area (Å²) in [6.45, 7) is 2.78. The lowest BCUT2D eigenvalue weighted by atomic mass is 10.0. The molecule has 0 fully saturated rings. The number of rotatable bonds is 17. The first-order valence-electron chi connectivity index (χ1n) is 10.7. The van der Waals surface area contributed by atoms with Crippen LogP contribution in [0.25, 0.3) is 0 Å². The van der Waals surface area contributed by atoms with Crippen LogP contribution in [0.15, 0.2) is 11.6 Å². The third kappa shape index (κ3) is 11.7. The maximum atomic E-state index is 11.3. The van der Waals surface area contributed by atoms with Gasteiger partial charge >= 0.3 is 5.97 Å². The van der Waals surface area contributed by atoms with Gasteiger partial charge in [0.1, 0.15) is 6.61 Å². The average Bonchev–Trinajstić information content (AvgIpc) is 2.99. The second-order valence-corrected chi connectivity index (χ2v) is 7.38. The highest BCUT2D eigenvalue weighted by Gasteiger charge is 2.15. The molecule has 0 N–H and O–H groups in total. The molecule has 0 aromatic heterocycles. The first-order valence-corrected chi connectivity index (χ1v) is 10.7. The van der Waals surface area contributed by atoms with Crippen molar-refractivity contribution in [3.8, 4) is 0 Å². The highest BCUT2D eigenvalue weighted by molar-refractivity contribution is 5.90. The van der Waals surface area contributed by atoms with Crippen molar-refractivity contribution in [2.75, 3.05) is 6.61 Å². The second kappa shape index (κ2) is 15.7. The van der Waals surface area contributed by atoms with Crippen LogP contribution in [-0.4, -0.2) is 12.6 Å². The van der Waals surface area contributed by atoms with Crippen LogP contribution in [0.1, 0.15) is 116 Å². The highest BCUT2D eigenvalue weighted by Crippen LogP contribution is 2.17. The Balaban J connectivity index is 1.70. The second-order valence-electron chi connectivity index (χ2n) is 7.38. The molecule has 1 aliphatic heterocycles. The molecule has 1 rings (SSSR count). The number of cyclic esters (lactones) is 1. The van der Waals surface area contributed by atoms with E-state index in [0.717, 1.165) is 18.4 Å². The van der Waals surface area contributed by atoms with Crippen LogP contribution in [0.5, 0.6) is 0 Å². The first-order chi connectivity index (χ1) is 11.8. The predicted molar refractivity (Wildman–Crippen MR) is 103 cm³/mol. The molecule has 0 unspecified atom stereocenters. The Morgan fingerprint density at radius 3 is 1.50 bits per heavy atom. The molecule has 0 bridgehead atoms. The quantitative estimate of drug-likeness (QED) is 0.209. The van der Waals surface area contributed by atoms with Gasteiger partial charge < -0.3 is 4.74 Å². The molecule has 24 heavy (non-hydrogen) atoms. The Kier molecular flexibility index (Phi) is 13.9. The summed E-state index contributed by atoms with van der Waals surface area (Å²) in [5, 5.41) is 0. The molecule has 2 nitrogen and oxygen atoms in total. The number of esters is 1. The van der Waals surface area contributed by atoms with Gasteiger partial charge in [-0.2, -0.15) is 0 Å². The maximum absolute atomic E-state index is 11.3. The van der Waals surface area contributed by atoms with Crippen LogP contribution >= 0.6 is 0 Å². The van der Waals surface area contributed by atoms with Crippen molar-refractivity contribution >= 4 is 5.97 Å². The van der Waals surface area contributed by atoms with Gasteiger partial charge in [0.2, 0.25) is 0 Å². The third-order valence-corrected chi connectivity index (χ3v) is 5.11. The zero-order valence-electron chi connectivity index (χ0n) is 16.1. The molecule has 0 aliphatic carbocycles. The molecule has 2 heteroatoms. The molecule has 0 spiro atoms. The lowest BCUT2D eigenvalue weighted by Gasteiger charge is -2.03. The lowest BCUT2D eigenvalue weighted by Crippen LogP contribution is -1.99. The van der Waals surface area contributed by atoms with Crippen molar-refractivity contribution in [1.82, 2.24) is 0 Å². The van der Waals surface area contributed by atoms with Gasteiger partial charge in [-0.15, -0.1) is 0 Å². The van der Waals surface area contributed by atoms with E-state index < -0.39 is 0 Å². The van der Waals surface area contributed by atoms with E-state index >= 15 is 0 Å². The van der Waals surface area contributed by atoms with Gasteiger partial charge in [0, 0.05) is 5.57 Å². The molecule has 1 aliphatic rings. The summed E-state index contributed by atoms with van der Waals surface area (Å²) in [6.07, 6.45) is 25.1. The Morgan fingerprint density at radius 2 is 1.12 bits per heavy atom. The molecule has 0 saturated carbocycles. The van der Waals surface area contributed by atoms with E-state index in [1.807, 2.05) is 6.08 Å². The molecular weight excluding hydrogens is 296 g/mol. The van der Waals surface area contributed by atoms with Crippen LogP contribution in [0, 0.1) is 0 Å². The van der Waals surface area contributed by atoms with E-state index in [0.29, 0.717) is 6.61 Å². The van der Waals surface area contributed by atoms with Crippen molar-refractivity contribution in [1.29, 1.82) is 0 Å². The number of carbonyl (C=O) groups is 1. The van der Waals surface area contributed by atoms with Gasteiger partial charge in [0.15, 0.2) is 0 Å². The third-order valence-electron chi connectivity index (χ3n) is 5.11. The van der Waals surface area contributed by atoms with Crippen LogP contribution in [-0.2, 0) is 9.53 Å². The van der Waals surface area contributed by atoms with Crippen molar-refractivity contribution in [2.45, 2.75) is 116 Å². The predicted octanol–water partition coefficient (Wildman–Crippen LogP) is 7.12. The van der Waals surface area contributed by atoms with Crippen molar-refractivity contribution in [3.63, 3.8) is 0 Å². The minimum Gasteiger partial charge on any atom is -0.458 e. The molecule has 1 heterocycles. The van der Waals surface area contributed by atoms with Gasteiger partial charge in [0.25, 0.3) is 0 Å². The Bertz CT molecular complexity index is 333. The monoisotopic (exact) mass is 336 g/mol. The van der Waals surface area contributed by atoms with Crippen molar-refractivity contribution in [3.05, 3.63) is 11.6 Å². The zero-order chi connectivity index (χ0) is 17.3. The van der Waals surface area contributed by atoms with Crippen LogP contribution in [0.4, 0.5) is 0 Å². The van der Waals surface area contributed by atoms with Gasteiger partial charge in [-0.1, -0.05) is 103 Å². The molecule has 140 valence electrons. The van der Waals surface area contributed by atoms with Gasteiger partial charge in [-0.05, 0) is 18.9 Å². The van der Waals surface area contributed by atoms with Gasteiger partial charge in [-0.25, -0.2) is 4.79 Å². The van der Waals surface area contributed by atoms with E-state index in [2.05, 4.69) is 6.92 Å². The summed E-state index contributed by atoms with van der Waals surface area (Å²) in [7, 11) is 0. The summed E-state index contributed by atoms with van der Waals surface area (Å²) in [4.78, 5) is 11.3. The van der Waals surface area contributed by atoms with E-state index in [1.54, 1.807) is 0 Å². The largest absolute Gasteiger partial charge is 0.458 e. The van der Waals surface area contributed by atoms with E-state index in [-0.39, 0.29) is 5.97 Å². The molecule has 0 saturated heterocycles. The van der Waals surface area contributed by atoms with Crippen molar-refractivity contribution in [2.24, 2.45) is 0 Å². The topological polar surface area (TPSA) is 26.3 Å². The molecule has 0 aromatic carbocycles.